The molecule has 0 radical (unpaired) electrons. The Hall–Kier alpha value is -1.10. The van der Waals surface area contributed by atoms with Gasteiger partial charge in [-0.2, -0.15) is 0 Å². The van der Waals surface area contributed by atoms with Crippen LogP contribution in [0.25, 0.3) is 0 Å². The molecule has 1 saturated carbocycles. The third-order valence-electron chi connectivity index (χ3n) is 2.78. The van der Waals surface area contributed by atoms with Crippen molar-refractivity contribution < 1.29 is 4.92 Å². The van der Waals surface area contributed by atoms with Crippen LogP contribution in [0.1, 0.15) is 19.8 Å². The van der Waals surface area contributed by atoms with Gasteiger partial charge in [0, 0.05) is 12.1 Å². The molecule has 14 heavy (non-hydrogen) atoms. The van der Waals surface area contributed by atoms with Crippen LogP contribution in [0.3, 0.4) is 0 Å². The molecule has 1 aliphatic carbocycles. The van der Waals surface area contributed by atoms with E-state index in [0.717, 1.165) is 6.42 Å². The van der Waals surface area contributed by atoms with E-state index in [-0.39, 0.29) is 10.6 Å². The van der Waals surface area contributed by atoms with Crippen molar-refractivity contribution in [3.8, 4) is 0 Å². The van der Waals surface area contributed by atoms with Crippen molar-refractivity contribution in [1.82, 2.24) is 0 Å². The fraction of sp³-hybridized carbons (Fsp3) is 0.556. The molecule has 5 heteroatoms. The Balaban J connectivity index is 2.08. The van der Waals surface area contributed by atoms with Crippen LogP contribution in [0, 0.1) is 16.0 Å². The predicted molar refractivity (Wildman–Crippen MR) is 56.8 cm³/mol. The molecule has 1 N–H and O–H groups in total. The standard InChI is InChI=1S/C9H12N2O2S/c1-6-2-3-7(6)10-9-8(11(12)13)4-5-14-9/h4-7,10H,2-3H2,1H3. The highest BCUT2D eigenvalue weighted by molar-refractivity contribution is 7.14. The van der Waals surface area contributed by atoms with Gasteiger partial charge in [-0.25, -0.2) is 0 Å². The largest absolute Gasteiger partial charge is 0.368 e. The van der Waals surface area contributed by atoms with E-state index in [2.05, 4.69) is 12.2 Å². The second kappa shape index (κ2) is 3.57. The average molecular weight is 212 g/mol. The number of thiophene rings is 1. The minimum Gasteiger partial charge on any atom is -0.368 e. The molecule has 0 aliphatic heterocycles. The van der Waals surface area contributed by atoms with Gasteiger partial charge in [-0.15, -0.1) is 11.3 Å². The number of hydrogen-bond acceptors (Lipinski definition) is 4. The Morgan fingerprint density at radius 3 is 2.93 bits per heavy atom. The summed E-state index contributed by atoms with van der Waals surface area (Å²) in [6.07, 6.45) is 2.34. The second-order valence-corrected chi connectivity index (χ2v) is 4.61. The summed E-state index contributed by atoms with van der Waals surface area (Å²) in [5, 5.41) is 16.3. The van der Waals surface area contributed by atoms with E-state index in [9.17, 15) is 10.1 Å². The van der Waals surface area contributed by atoms with Crippen LogP contribution in [0.2, 0.25) is 0 Å². The van der Waals surface area contributed by atoms with E-state index in [1.165, 1.54) is 17.8 Å². The third kappa shape index (κ3) is 1.59. The Labute approximate surface area is 86.1 Å². The minimum absolute atomic E-state index is 0.203. The first-order valence-electron chi connectivity index (χ1n) is 4.67. The van der Waals surface area contributed by atoms with Gasteiger partial charge in [0.05, 0.1) is 4.92 Å². The molecule has 1 aliphatic rings. The highest BCUT2D eigenvalue weighted by Gasteiger charge is 2.28. The van der Waals surface area contributed by atoms with E-state index in [1.54, 1.807) is 11.4 Å². The van der Waals surface area contributed by atoms with Crippen LogP contribution in [0.5, 0.6) is 0 Å². The van der Waals surface area contributed by atoms with Gasteiger partial charge < -0.3 is 5.32 Å². The van der Waals surface area contributed by atoms with Crippen molar-refractivity contribution in [1.29, 1.82) is 0 Å². The summed E-state index contributed by atoms with van der Waals surface area (Å²) in [5.41, 5.74) is 0.203. The lowest BCUT2D eigenvalue weighted by Crippen LogP contribution is -2.36. The van der Waals surface area contributed by atoms with Crippen LogP contribution in [0.4, 0.5) is 10.7 Å². The molecule has 0 bridgehead atoms. The third-order valence-corrected chi connectivity index (χ3v) is 3.61. The lowest BCUT2D eigenvalue weighted by Gasteiger charge is -2.34. The SMILES string of the molecule is CC1CCC1Nc1sccc1[N+](=O)[O-]. The van der Waals surface area contributed by atoms with Gasteiger partial charge in [0.15, 0.2) is 5.00 Å². The summed E-state index contributed by atoms with van der Waals surface area (Å²) in [6, 6.07) is 1.98. The minimum atomic E-state index is -0.331. The van der Waals surface area contributed by atoms with Crippen molar-refractivity contribution in [2.75, 3.05) is 5.32 Å². The van der Waals surface area contributed by atoms with E-state index in [1.807, 2.05) is 0 Å². The van der Waals surface area contributed by atoms with Crippen molar-refractivity contribution in [2.45, 2.75) is 25.8 Å². The van der Waals surface area contributed by atoms with Crippen LogP contribution in [0.15, 0.2) is 11.4 Å². The van der Waals surface area contributed by atoms with Gasteiger partial charge in [0.1, 0.15) is 0 Å². The summed E-state index contributed by atoms with van der Waals surface area (Å²) >= 11 is 1.40. The number of nitro groups is 1. The van der Waals surface area contributed by atoms with Crippen LogP contribution < -0.4 is 5.32 Å². The van der Waals surface area contributed by atoms with Gasteiger partial charge in [0.2, 0.25) is 0 Å². The van der Waals surface area contributed by atoms with Crippen molar-refractivity contribution in [3.63, 3.8) is 0 Å². The Kier molecular flexibility index (Phi) is 2.41. The quantitative estimate of drug-likeness (QED) is 0.619. The molecule has 4 nitrogen and oxygen atoms in total. The number of hydrogen-bond donors (Lipinski definition) is 1. The predicted octanol–water partition coefficient (Wildman–Crippen LogP) is 2.87. The first-order chi connectivity index (χ1) is 6.68. The smallest absolute Gasteiger partial charge is 0.303 e. The highest BCUT2D eigenvalue weighted by Crippen LogP contribution is 2.36. The van der Waals surface area contributed by atoms with Gasteiger partial charge in [-0.1, -0.05) is 6.92 Å². The summed E-state index contributed by atoms with van der Waals surface area (Å²) < 4.78 is 0. The molecule has 0 spiro atoms. The monoisotopic (exact) mass is 212 g/mol. The number of nitrogens with one attached hydrogen (secondary N) is 1. The maximum absolute atomic E-state index is 10.6. The molecule has 0 aromatic carbocycles. The van der Waals surface area contributed by atoms with Crippen molar-refractivity contribution in [2.24, 2.45) is 5.92 Å². The molecule has 1 fully saturated rings. The Morgan fingerprint density at radius 2 is 2.43 bits per heavy atom. The highest BCUT2D eigenvalue weighted by atomic mass is 32.1. The van der Waals surface area contributed by atoms with Crippen LogP contribution in [-0.4, -0.2) is 11.0 Å². The molecule has 1 heterocycles. The fourth-order valence-corrected chi connectivity index (χ4v) is 2.42. The van der Waals surface area contributed by atoms with E-state index in [4.69, 9.17) is 0 Å². The lowest BCUT2D eigenvalue weighted by molar-refractivity contribution is -0.383. The molecule has 0 saturated heterocycles. The summed E-state index contributed by atoms with van der Waals surface area (Å²) in [5.74, 6) is 0.636. The average Bonchev–Trinajstić information content (AvgIpc) is 2.59. The summed E-state index contributed by atoms with van der Waals surface area (Å²) in [6.45, 7) is 2.17. The zero-order chi connectivity index (χ0) is 10.1. The first kappa shape index (κ1) is 9.45. The fourth-order valence-electron chi connectivity index (χ4n) is 1.60. The van der Waals surface area contributed by atoms with E-state index >= 15 is 0 Å². The zero-order valence-corrected chi connectivity index (χ0v) is 8.71. The van der Waals surface area contributed by atoms with Crippen molar-refractivity contribution >= 4 is 22.0 Å². The zero-order valence-electron chi connectivity index (χ0n) is 7.90. The maximum atomic E-state index is 10.6. The normalized spacial score (nSPS) is 25.5. The molecule has 2 atom stereocenters. The molecule has 76 valence electrons. The van der Waals surface area contributed by atoms with E-state index in [0.29, 0.717) is 17.0 Å². The number of anilines is 1. The second-order valence-electron chi connectivity index (χ2n) is 3.70. The molecular formula is C9H12N2O2S. The van der Waals surface area contributed by atoms with Gasteiger partial charge >= 0.3 is 5.69 Å². The molecule has 2 rings (SSSR count). The van der Waals surface area contributed by atoms with Crippen molar-refractivity contribution in [3.05, 3.63) is 21.6 Å². The maximum Gasteiger partial charge on any atom is 0.303 e. The Morgan fingerprint density at radius 1 is 1.64 bits per heavy atom. The van der Waals surface area contributed by atoms with Crippen LogP contribution in [-0.2, 0) is 0 Å². The summed E-state index contributed by atoms with van der Waals surface area (Å²) in [4.78, 5) is 10.3. The van der Waals surface area contributed by atoms with Gasteiger partial charge in [0.25, 0.3) is 0 Å². The van der Waals surface area contributed by atoms with Gasteiger partial charge in [-0.3, -0.25) is 10.1 Å². The molecule has 1 aromatic heterocycles. The van der Waals surface area contributed by atoms with Crippen LogP contribution >= 0.6 is 11.3 Å². The molecule has 2 unspecified atom stereocenters. The molecular weight excluding hydrogens is 200 g/mol. The number of nitrogens with zero attached hydrogens (tertiary/aromatic N) is 1. The van der Waals surface area contributed by atoms with E-state index < -0.39 is 0 Å². The molecule has 1 aromatic rings. The topological polar surface area (TPSA) is 55.2 Å². The lowest BCUT2D eigenvalue weighted by atomic mass is 9.81. The number of rotatable bonds is 3. The summed E-state index contributed by atoms with van der Waals surface area (Å²) in [7, 11) is 0. The Bertz CT molecular complexity index is 350. The van der Waals surface area contributed by atoms with Gasteiger partial charge in [-0.05, 0) is 24.1 Å². The first-order valence-corrected chi connectivity index (χ1v) is 5.55. The molecule has 0 amide bonds.